The standard InChI is InChI=1S/C9H9Cl2F3N2O/c10-5-1-4(17-9(12,13)14)2-6(11)8(5)7(16)3-15/h1-2,7H,3,15-16H2. The van der Waals surface area contributed by atoms with E-state index in [1.807, 2.05) is 0 Å². The summed E-state index contributed by atoms with van der Waals surface area (Å²) in [7, 11) is 0. The normalized spacial score (nSPS) is 13.6. The molecule has 0 fully saturated rings. The summed E-state index contributed by atoms with van der Waals surface area (Å²) < 4.78 is 39.6. The summed E-state index contributed by atoms with van der Waals surface area (Å²) in [5.74, 6) is -0.500. The Morgan fingerprint density at radius 2 is 1.71 bits per heavy atom. The first-order valence-corrected chi connectivity index (χ1v) is 5.20. The second kappa shape index (κ2) is 5.30. The van der Waals surface area contributed by atoms with Gasteiger partial charge < -0.3 is 16.2 Å². The van der Waals surface area contributed by atoms with Crippen molar-refractivity contribution in [2.45, 2.75) is 12.4 Å². The maximum Gasteiger partial charge on any atom is 0.573 e. The van der Waals surface area contributed by atoms with Crippen LogP contribution in [0.15, 0.2) is 12.1 Å². The number of hydrogen-bond donors (Lipinski definition) is 2. The van der Waals surface area contributed by atoms with Crippen LogP contribution in [0.4, 0.5) is 13.2 Å². The number of nitrogens with two attached hydrogens (primary N) is 2. The quantitative estimate of drug-likeness (QED) is 0.899. The van der Waals surface area contributed by atoms with Gasteiger partial charge in [-0.2, -0.15) is 0 Å². The summed E-state index contributed by atoms with van der Waals surface area (Å²) in [6.45, 7) is 0.0684. The SMILES string of the molecule is NCC(N)c1c(Cl)cc(OC(F)(F)F)cc1Cl. The summed E-state index contributed by atoms with van der Waals surface area (Å²) in [6, 6.07) is 1.34. The maximum atomic E-state index is 12.0. The fourth-order valence-electron chi connectivity index (χ4n) is 1.23. The fourth-order valence-corrected chi connectivity index (χ4v) is 1.97. The van der Waals surface area contributed by atoms with Crippen molar-refractivity contribution in [2.24, 2.45) is 11.5 Å². The van der Waals surface area contributed by atoms with Crippen molar-refractivity contribution >= 4 is 23.2 Å². The average molecular weight is 289 g/mol. The molecular weight excluding hydrogens is 280 g/mol. The molecular formula is C9H9Cl2F3N2O. The van der Waals surface area contributed by atoms with E-state index < -0.39 is 18.2 Å². The number of rotatable bonds is 3. The van der Waals surface area contributed by atoms with E-state index in [4.69, 9.17) is 34.7 Å². The monoisotopic (exact) mass is 288 g/mol. The Kier molecular flexibility index (Phi) is 4.48. The van der Waals surface area contributed by atoms with Gasteiger partial charge in [0.25, 0.3) is 0 Å². The molecule has 0 heterocycles. The zero-order chi connectivity index (χ0) is 13.2. The minimum Gasteiger partial charge on any atom is -0.406 e. The maximum absolute atomic E-state index is 12.0. The zero-order valence-electron chi connectivity index (χ0n) is 8.39. The molecule has 0 aliphatic carbocycles. The molecule has 1 atom stereocenters. The number of ether oxygens (including phenoxy) is 1. The highest BCUT2D eigenvalue weighted by atomic mass is 35.5. The van der Waals surface area contributed by atoms with Crippen LogP contribution in [0.25, 0.3) is 0 Å². The molecule has 4 N–H and O–H groups in total. The molecule has 0 amide bonds. The number of halogens is 5. The van der Waals surface area contributed by atoms with E-state index in [1.165, 1.54) is 0 Å². The van der Waals surface area contributed by atoms with Gasteiger partial charge in [-0.05, 0) is 12.1 Å². The lowest BCUT2D eigenvalue weighted by Gasteiger charge is -2.16. The molecule has 0 aliphatic rings. The lowest BCUT2D eigenvalue weighted by atomic mass is 10.1. The molecule has 17 heavy (non-hydrogen) atoms. The number of alkyl halides is 3. The molecule has 0 aromatic heterocycles. The van der Waals surface area contributed by atoms with E-state index in [1.54, 1.807) is 0 Å². The summed E-state index contributed by atoms with van der Waals surface area (Å²) >= 11 is 11.5. The zero-order valence-corrected chi connectivity index (χ0v) is 9.90. The summed E-state index contributed by atoms with van der Waals surface area (Å²) in [4.78, 5) is 0. The van der Waals surface area contributed by atoms with Crippen LogP contribution < -0.4 is 16.2 Å². The van der Waals surface area contributed by atoms with E-state index in [2.05, 4.69) is 4.74 Å². The van der Waals surface area contributed by atoms with Gasteiger partial charge >= 0.3 is 6.36 Å². The third kappa shape index (κ3) is 3.92. The van der Waals surface area contributed by atoms with Crippen LogP contribution in [0.3, 0.4) is 0 Å². The first-order chi connectivity index (χ1) is 7.74. The topological polar surface area (TPSA) is 61.3 Å². The predicted molar refractivity (Wildman–Crippen MR) is 59.1 cm³/mol. The van der Waals surface area contributed by atoms with Crippen molar-refractivity contribution in [1.82, 2.24) is 0 Å². The van der Waals surface area contributed by atoms with Gasteiger partial charge in [0.1, 0.15) is 5.75 Å². The lowest BCUT2D eigenvalue weighted by molar-refractivity contribution is -0.274. The van der Waals surface area contributed by atoms with Crippen LogP contribution >= 0.6 is 23.2 Å². The van der Waals surface area contributed by atoms with Crippen molar-refractivity contribution in [2.75, 3.05) is 6.54 Å². The molecule has 8 heteroatoms. The molecule has 1 aromatic rings. The smallest absolute Gasteiger partial charge is 0.406 e. The first-order valence-electron chi connectivity index (χ1n) is 4.45. The highest BCUT2D eigenvalue weighted by molar-refractivity contribution is 6.36. The Balaban J connectivity index is 3.10. The molecule has 1 rings (SSSR count). The van der Waals surface area contributed by atoms with Crippen molar-refractivity contribution in [3.8, 4) is 5.75 Å². The van der Waals surface area contributed by atoms with Crippen molar-refractivity contribution in [3.63, 3.8) is 0 Å². The molecule has 0 aliphatic heterocycles. The van der Waals surface area contributed by atoms with E-state index >= 15 is 0 Å². The number of benzene rings is 1. The van der Waals surface area contributed by atoms with Gasteiger partial charge in [-0.1, -0.05) is 23.2 Å². The van der Waals surface area contributed by atoms with Gasteiger partial charge in [0.2, 0.25) is 0 Å². The third-order valence-corrected chi connectivity index (χ3v) is 2.54. The van der Waals surface area contributed by atoms with E-state index in [9.17, 15) is 13.2 Å². The molecule has 1 aromatic carbocycles. The number of hydrogen-bond acceptors (Lipinski definition) is 3. The minimum atomic E-state index is -4.80. The summed E-state index contributed by atoms with van der Waals surface area (Å²) in [5.41, 5.74) is 11.2. The molecule has 0 radical (unpaired) electrons. The predicted octanol–water partition coefficient (Wildman–Crippen LogP) is 2.85. The molecule has 0 spiro atoms. The molecule has 0 saturated carbocycles. The van der Waals surface area contributed by atoms with Gasteiger partial charge in [0.05, 0.1) is 10.0 Å². The highest BCUT2D eigenvalue weighted by Gasteiger charge is 2.31. The van der Waals surface area contributed by atoms with Crippen LogP contribution in [0.2, 0.25) is 10.0 Å². The third-order valence-electron chi connectivity index (χ3n) is 1.91. The van der Waals surface area contributed by atoms with Crippen molar-refractivity contribution < 1.29 is 17.9 Å². The van der Waals surface area contributed by atoms with Crippen LogP contribution in [-0.2, 0) is 0 Å². The summed E-state index contributed by atoms with van der Waals surface area (Å²) in [5, 5.41) is -0.0376. The largest absolute Gasteiger partial charge is 0.573 e. The Morgan fingerprint density at radius 3 is 2.06 bits per heavy atom. The molecule has 1 unspecified atom stereocenters. The second-order valence-corrected chi connectivity index (χ2v) is 4.00. The van der Waals surface area contributed by atoms with Gasteiger partial charge in [-0.15, -0.1) is 13.2 Å². The molecule has 0 bridgehead atoms. The van der Waals surface area contributed by atoms with Crippen LogP contribution in [0, 0.1) is 0 Å². The van der Waals surface area contributed by atoms with Gasteiger partial charge in [0, 0.05) is 18.2 Å². The van der Waals surface area contributed by atoms with Crippen LogP contribution in [-0.4, -0.2) is 12.9 Å². The van der Waals surface area contributed by atoms with Crippen LogP contribution in [0.1, 0.15) is 11.6 Å². The Bertz CT molecular complexity index is 389. The van der Waals surface area contributed by atoms with Crippen molar-refractivity contribution in [1.29, 1.82) is 0 Å². The Hall–Kier alpha value is -0.690. The lowest BCUT2D eigenvalue weighted by Crippen LogP contribution is -2.22. The second-order valence-electron chi connectivity index (χ2n) is 3.19. The summed E-state index contributed by atoms with van der Waals surface area (Å²) in [6.07, 6.45) is -4.80. The molecule has 0 saturated heterocycles. The average Bonchev–Trinajstić information content (AvgIpc) is 2.13. The van der Waals surface area contributed by atoms with Gasteiger partial charge in [-0.25, -0.2) is 0 Å². The molecule has 96 valence electrons. The fraction of sp³-hybridized carbons (Fsp3) is 0.333. The van der Waals surface area contributed by atoms with E-state index in [0.717, 1.165) is 12.1 Å². The Labute approximate surface area is 105 Å². The minimum absolute atomic E-state index is 0.0188. The highest BCUT2D eigenvalue weighted by Crippen LogP contribution is 2.35. The first kappa shape index (κ1) is 14.4. The van der Waals surface area contributed by atoms with Gasteiger partial charge in [0.15, 0.2) is 0 Å². The van der Waals surface area contributed by atoms with E-state index in [0.29, 0.717) is 5.56 Å². The van der Waals surface area contributed by atoms with E-state index in [-0.39, 0.29) is 16.6 Å². The van der Waals surface area contributed by atoms with Crippen LogP contribution in [0.5, 0.6) is 5.75 Å². The molecule has 3 nitrogen and oxygen atoms in total. The van der Waals surface area contributed by atoms with Gasteiger partial charge in [-0.3, -0.25) is 0 Å². The van der Waals surface area contributed by atoms with Crippen molar-refractivity contribution in [3.05, 3.63) is 27.7 Å². The Morgan fingerprint density at radius 1 is 1.24 bits per heavy atom.